The van der Waals surface area contributed by atoms with Crippen LogP contribution in [0.15, 0.2) is 24.5 Å². The van der Waals surface area contributed by atoms with Gasteiger partial charge in [0.15, 0.2) is 0 Å². The monoisotopic (exact) mass is 301 g/mol. The quantitative estimate of drug-likeness (QED) is 0.814. The average Bonchev–Trinajstić information content (AvgIpc) is 3.12. The number of aromatic nitrogens is 2. The van der Waals surface area contributed by atoms with Crippen molar-refractivity contribution in [2.45, 2.75) is 32.7 Å². The first-order chi connectivity index (χ1) is 10.6. The summed E-state index contributed by atoms with van der Waals surface area (Å²) in [4.78, 5) is 18.8. The molecule has 0 amide bonds. The number of fused-ring (bicyclic) bond motifs is 1. The molecule has 22 heavy (non-hydrogen) atoms. The molecule has 0 aromatic carbocycles. The van der Waals surface area contributed by atoms with Gasteiger partial charge in [-0.2, -0.15) is 0 Å². The van der Waals surface area contributed by atoms with Crippen LogP contribution in [0.5, 0.6) is 0 Å². The number of imidazole rings is 1. The maximum absolute atomic E-state index is 11.6. The van der Waals surface area contributed by atoms with Crippen molar-refractivity contribution in [1.29, 1.82) is 0 Å². The predicted molar refractivity (Wildman–Crippen MR) is 85.1 cm³/mol. The number of ether oxygens (including phenoxy) is 1. The van der Waals surface area contributed by atoms with Gasteiger partial charge in [-0.25, -0.2) is 9.78 Å². The lowest BCUT2D eigenvalue weighted by Gasteiger charge is -2.19. The molecule has 2 aromatic rings. The molecule has 2 aromatic heterocycles. The molecule has 5 heteroatoms. The molecule has 118 valence electrons. The van der Waals surface area contributed by atoms with Gasteiger partial charge in [-0.1, -0.05) is 0 Å². The number of hydrogen-bond acceptors (Lipinski definition) is 4. The van der Waals surface area contributed by atoms with Crippen LogP contribution in [0.2, 0.25) is 0 Å². The SMILES string of the molecule is COC(=O)c1ccn2cc(CC3CCN(C(C)C)C3)nc2c1. The van der Waals surface area contributed by atoms with Crippen LogP contribution >= 0.6 is 0 Å². The number of rotatable bonds is 4. The molecule has 5 nitrogen and oxygen atoms in total. The standard InChI is InChI=1S/C17H23N3O2/c1-12(2)19-6-4-13(10-19)8-15-11-20-7-5-14(17(21)22-3)9-16(20)18-15/h5,7,9,11-13H,4,6,8,10H2,1-3H3. The summed E-state index contributed by atoms with van der Waals surface area (Å²) in [5, 5.41) is 0. The van der Waals surface area contributed by atoms with Gasteiger partial charge in [0, 0.05) is 25.0 Å². The van der Waals surface area contributed by atoms with Crippen LogP contribution in [0.4, 0.5) is 0 Å². The Bertz CT molecular complexity index is 678. The van der Waals surface area contributed by atoms with Crippen LogP contribution in [0.25, 0.3) is 5.65 Å². The normalized spacial score (nSPS) is 19.2. The Morgan fingerprint density at radius 2 is 2.32 bits per heavy atom. The maximum Gasteiger partial charge on any atom is 0.338 e. The molecule has 0 radical (unpaired) electrons. The minimum atomic E-state index is -0.324. The zero-order valence-electron chi connectivity index (χ0n) is 13.5. The van der Waals surface area contributed by atoms with Crippen LogP contribution in [0.3, 0.4) is 0 Å². The van der Waals surface area contributed by atoms with Crippen LogP contribution in [0.1, 0.15) is 36.3 Å². The minimum absolute atomic E-state index is 0.324. The van der Waals surface area contributed by atoms with Crippen molar-refractivity contribution in [1.82, 2.24) is 14.3 Å². The van der Waals surface area contributed by atoms with Crippen molar-refractivity contribution in [3.8, 4) is 0 Å². The first-order valence-electron chi connectivity index (χ1n) is 7.87. The largest absolute Gasteiger partial charge is 0.465 e. The Morgan fingerprint density at radius 3 is 3.00 bits per heavy atom. The van der Waals surface area contributed by atoms with Gasteiger partial charge in [-0.3, -0.25) is 0 Å². The number of esters is 1. The number of carbonyl (C=O) groups is 1. The Hall–Kier alpha value is -1.88. The third-order valence-corrected chi connectivity index (χ3v) is 4.48. The first kappa shape index (κ1) is 15.0. The third kappa shape index (κ3) is 2.99. The molecule has 0 aliphatic carbocycles. The second-order valence-electron chi connectivity index (χ2n) is 6.35. The molecular formula is C17H23N3O2. The number of carbonyl (C=O) groups excluding carboxylic acids is 1. The van der Waals surface area contributed by atoms with Crippen molar-refractivity contribution < 1.29 is 9.53 Å². The molecule has 1 fully saturated rings. The van der Waals surface area contributed by atoms with Gasteiger partial charge in [0.1, 0.15) is 5.65 Å². The zero-order valence-corrected chi connectivity index (χ0v) is 13.5. The Labute approximate surface area is 130 Å². The summed E-state index contributed by atoms with van der Waals surface area (Å²) in [7, 11) is 1.39. The van der Waals surface area contributed by atoms with E-state index in [9.17, 15) is 4.79 Å². The van der Waals surface area contributed by atoms with E-state index >= 15 is 0 Å². The highest BCUT2D eigenvalue weighted by atomic mass is 16.5. The van der Waals surface area contributed by atoms with Crippen molar-refractivity contribution in [3.05, 3.63) is 35.8 Å². The lowest BCUT2D eigenvalue weighted by molar-refractivity contribution is 0.0600. The fraction of sp³-hybridized carbons (Fsp3) is 0.529. The molecule has 0 N–H and O–H groups in total. The van der Waals surface area contributed by atoms with E-state index in [1.807, 2.05) is 10.6 Å². The predicted octanol–water partition coefficient (Wildman–Crippen LogP) is 2.39. The second kappa shape index (κ2) is 6.08. The summed E-state index contributed by atoms with van der Waals surface area (Å²) in [5.41, 5.74) is 2.44. The molecule has 3 rings (SSSR count). The summed E-state index contributed by atoms with van der Waals surface area (Å²) in [6.07, 6.45) is 6.17. The van der Waals surface area contributed by atoms with Crippen LogP contribution in [0, 0.1) is 5.92 Å². The number of likely N-dealkylation sites (tertiary alicyclic amines) is 1. The molecule has 3 heterocycles. The molecular weight excluding hydrogens is 278 g/mol. The molecule has 1 aliphatic rings. The van der Waals surface area contributed by atoms with E-state index in [4.69, 9.17) is 4.74 Å². The molecule has 1 aliphatic heterocycles. The fourth-order valence-corrected chi connectivity index (χ4v) is 3.17. The van der Waals surface area contributed by atoms with E-state index in [2.05, 4.69) is 29.9 Å². The van der Waals surface area contributed by atoms with Gasteiger partial charge in [0.25, 0.3) is 0 Å². The maximum atomic E-state index is 11.6. The van der Waals surface area contributed by atoms with Crippen molar-refractivity contribution >= 4 is 11.6 Å². The fourth-order valence-electron chi connectivity index (χ4n) is 3.17. The van der Waals surface area contributed by atoms with Gasteiger partial charge in [0.2, 0.25) is 0 Å². The molecule has 0 spiro atoms. The van der Waals surface area contributed by atoms with E-state index in [0.29, 0.717) is 17.5 Å². The van der Waals surface area contributed by atoms with Gasteiger partial charge in [0.05, 0.1) is 18.4 Å². The third-order valence-electron chi connectivity index (χ3n) is 4.48. The first-order valence-corrected chi connectivity index (χ1v) is 7.87. The lowest BCUT2D eigenvalue weighted by Crippen LogP contribution is -2.28. The van der Waals surface area contributed by atoms with Crippen molar-refractivity contribution in [2.24, 2.45) is 5.92 Å². The van der Waals surface area contributed by atoms with Gasteiger partial charge < -0.3 is 14.0 Å². The Kier molecular flexibility index (Phi) is 4.16. The Balaban J connectivity index is 1.74. The minimum Gasteiger partial charge on any atom is -0.465 e. The smallest absolute Gasteiger partial charge is 0.338 e. The van der Waals surface area contributed by atoms with Crippen LogP contribution in [-0.4, -0.2) is 46.5 Å². The highest BCUT2D eigenvalue weighted by Crippen LogP contribution is 2.22. The summed E-state index contributed by atoms with van der Waals surface area (Å²) in [5.74, 6) is 0.350. The van der Waals surface area contributed by atoms with Crippen LogP contribution < -0.4 is 0 Å². The average molecular weight is 301 g/mol. The molecule has 1 atom stereocenters. The summed E-state index contributed by atoms with van der Waals surface area (Å²) >= 11 is 0. The van der Waals surface area contributed by atoms with E-state index < -0.39 is 0 Å². The van der Waals surface area contributed by atoms with E-state index in [-0.39, 0.29) is 5.97 Å². The topological polar surface area (TPSA) is 46.8 Å². The zero-order chi connectivity index (χ0) is 15.7. The van der Waals surface area contributed by atoms with E-state index in [0.717, 1.165) is 24.3 Å². The van der Waals surface area contributed by atoms with Gasteiger partial charge in [-0.05, 0) is 51.3 Å². The van der Waals surface area contributed by atoms with Crippen LogP contribution in [-0.2, 0) is 11.2 Å². The number of nitrogens with zero attached hydrogens (tertiary/aromatic N) is 3. The molecule has 1 saturated heterocycles. The lowest BCUT2D eigenvalue weighted by atomic mass is 10.0. The highest BCUT2D eigenvalue weighted by molar-refractivity contribution is 5.90. The Morgan fingerprint density at radius 1 is 1.50 bits per heavy atom. The summed E-state index contributed by atoms with van der Waals surface area (Å²) in [6, 6.07) is 4.17. The van der Waals surface area contributed by atoms with E-state index in [1.54, 1.807) is 12.1 Å². The second-order valence-corrected chi connectivity index (χ2v) is 6.35. The molecule has 1 unspecified atom stereocenters. The van der Waals surface area contributed by atoms with E-state index in [1.165, 1.54) is 20.1 Å². The van der Waals surface area contributed by atoms with Gasteiger partial charge in [-0.15, -0.1) is 0 Å². The summed E-state index contributed by atoms with van der Waals surface area (Å²) in [6.45, 7) is 6.84. The number of hydrogen-bond donors (Lipinski definition) is 0. The van der Waals surface area contributed by atoms with Crippen molar-refractivity contribution in [3.63, 3.8) is 0 Å². The highest BCUT2D eigenvalue weighted by Gasteiger charge is 2.25. The summed E-state index contributed by atoms with van der Waals surface area (Å²) < 4.78 is 6.72. The number of pyridine rings is 1. The molecule has 0 saturated carbocycles. The number of methoxy groups -OCH3 is 1. The molecule has 0 bridgehead atoms. The van der Waals surface area contributed by atoms with Crippen molar-refractivity contribution in [2.75, 3.05) is 20.2 Å². The van der Waals surface area contributed by atoms with Gasteiger partial charge >= 0.3 is 5.97 Å².